The summed E-state index contributed by atoms with van der Waals surface area (Å²) in [6.45, 7) is 0. The second-order valence-electron chi connectivity index (χ2n) is 7.09. The highest BCUT2D eigenvalue weighted by Crippen LogP contribution is 2.27. The third-order valence-electron chi connectivity index (χ3n) is 4.94. The smallest absolute Gasteiger partial charge is 0.336 e. The number of hydrogen-bond acceptors (Lipinski definition) is 4. The van der Waals surface area contributed by atoms with E-state index in [2.05, 4.69) is 0 Å². The van der Waals surface area contributed by atoms with E-state index in [-0.39, 0.29) is 22.3 Å². The number of carboxylic acids is 4. The van der Waals surface area contributed by atoms with Crippen LogP contribution in [0.25, 0.3) is 21.9 Å². The van der Waals surface area contributed by atoms with Crippen LogP contribution < -0.4 is 0 Å². The van der Waals surface area contributed by atoms with Gasteiger partial charge in [-0.25, -0.2) is 19.2 Å². The molecule has 0 bridgehead atoms. The maximum Gasteiger partial charge on any atom is 0.336 e. The zero-order valence-corrected chi connectivity index (χ0v) is 17.5. The summed E-state index contributed by atoms with van der Waals surface area (Å²) in [6, 6.07) is 21.9. The van der Waals surface area contributed by atoms with Crippen LogP contribution in [0.15, 0.2) is 84.9 Å². The van der Waals surface area contributed by atoms with Crippen LogP contribution in [0.4, 0.5) is 0 Å². The van der Waals surface area contributed by atoms with Crippen molar-refractivity contribution in [1.82, 2.24) is 0 Å². The Labute approximate surface area is 193 Å². The number of rotatable bonds is 5. The summed E-state index contributed by atoms with van der Waals surface area (Å²) >= 11 is 0. The molecule has 0 fully saturated rings. The van der Waals surface area contributed by atoms with Gasteiger partial charge in [-0.2, -0.15) is 0 Å². The lowest BCUT2D eigenvalue weighted by Gasteiger charge is -2.08. The highest BCUT2D eigenvalue weighted by atomic mass is 16.4. The minimum atomic E-state index is -1.08. The van der Waals surface area contributed by atoms with Gasteiger partial charge in [0.2, 0.25) is 0 Å². The minimum absolute atomic E-state index is 0.0891. The molecule has 34 heavy (non-hydrogen) atoms. The third-order valence-corrected chi connectivity index (χ3v) is 4.94. The molecular formula is C26H18O8. The normalized spacial score (nSPS) is 10.1. The Morgan fingerprint density at radius 3 is 1.18 bits per heavy atom. The summed E-state index contributed by atoms with van der Waals surface area (Å²) in [5, 5.41) is 37.3. The molecule has 4 rings (SSSR count). The van der Waals surface area contributed by atoms with Gasteiger partial charge in [0.25, 0.3) is 0 Å². The zero-order valence-electron chi connectivity index (χ0n) is 17.5. The Morgan fingerprint density at radius 1 is 0.441 bits per heavy atom. The molecule has 0 aromatic heterocycles. The molecule has 170 valence electrons. The number of carbonyl (C=O) groups is 4. The number of hydrogen-bond donors (Lipinski definition) is 4. The molecule has 0 heterocycles. The Hall–Kier alpha value is -4.98. The van der Waals surface area contributed by atoms with Gasteiger partial charge in [-0.15, -0.1) is 0 Å². The largest absolute Gasteiger partial charge is 0.478 e. The summed E-state index contributed by atoms with van der Waals surface area (Å²) in [5.41, 5.74) is 1.29. The SMILES string of the molecule is O=C(O)c1ccc2ccc(C(=O)O)cc2c1.O=C(O)c1ccccc1-c1ccccc1C(=O)O. The second-order valence-corrected chi connectivity index (χ2v) is 7.09. The van der Waals surface area contributed by atoms with Crippen molar-refractivity contribution in [3.8, 4) is 11.1 Å². The lowest BCUT2D eigenvalue weighted by molar-refractivity contribution is 0.0684. The van der Waals surface area contributed by atoms with Crippen LogP contribution in [0, 0.1) is 0 Å². The van der Waals surface area contributed by atoms with E-state index in [0.717, 1.165) is 5.39 Å². The molecule has 0 atom stereocenters. The molecule has 0 spiro atoms. The van der Waals surface area contributed by atoms with E-state index >= 15 is 0 Å². The van der Waals surface area contributed by atoms with E-state index in [4.69, 9.17) is 20.4 Å². The highest BCUT2D eigenvalue weighted by Gasteiger charge is 2.16. The van der Waals surface area contributed by atoms with Gasteiger partial charge in [-0.05, 0) is 58.3 Å². The molecule has 0 aliphatic heterocycles. The molecule has 0 aliphatic carbocycles. The van der Waals surface area contributed by atoms with Gasteiger partial charge >= 0.3 is 23.9 Å². The third kappa shape index (κ3) is 5.25. The number of benzene rings is 4. The fraction of sp³-hybridized carbons (Fsp3) is 0. The number of carboxylic acid groups (broad SMARTS) is 4. The predicted molar refractivity (Wildman–Crippen MR) is 124 cm³/mol. The first kappa shape index (κ1) is 23.7. The molecule has 0 saturated heterocycles. The molecule has 4 aromatic carbocycles. The Balaban J connectivity index is 0.000000192. The maximum atomic E-state index is 11.1. The summed E-state index contributed by atoms with van der Waals surface area (Å²) in [6.07, 6.45) is 0. The van der Waals surface area contributed by atoms with E-state index in [0.29, 0.717) is 16.5 Å². The molecule has 8 nitrogen and oxygen atoms in total. The van der Waals surface area contributed by atoms with Crippen molar-refractivity contribution in [3.63, 3.8) is 0 Å². The van der Waals surface area contributed by atoms with Crippen LogP contribution >= 0.6 is 0 Å². The van der Waals surface area contributed by atoms with Crippen LogP contribution in [0.1, 0.15) is 41.4 Å². The average molecular weight is 458 g/mol. The van der Waals surface area contributed by atoms with Crippen molar-refractivity contribution < 1.29 is 39.6 Å². The molecule has 0 radical (unpaired) electrons. The predicted octanol–water partition coefficient (Wildman–Crippen LogP) is 4.99. The molecular weight excluding hydrogens is 440 g/mol. The van der Waals surface area contributed by atoms with Crippen LogP contribution in [0.5, 0.6) is 0 Å². The fourth-order valence-corrected chi connectivity index (χ4v) is 3.32. The maximum absolute atomic E-state index is 11.1. The first-order chi connectivity index (χ1) is 16.2. The molecule has 8 heteroatoms. The van der Waals surface area contributed by atoms with Gasteiger partial charge < -0.3 is 20.4 Å². The van der Waals surface area contributed by atoms with Gasteiger partial charge in [0.05, 0.1) is 22.3 Å². The van der Waals surface area contributed by atoms with Crippen molar-refractivity contribution in [2.45, 2.75) is 0 Å². The van der Waals surface area contributed by atoms with E-state index < -0.39 is 23.9 Å². The van der Waals surface area contributed by atoms with Gasteiger partial charge in [0.15, 0.2) is 0 Å². The highest BCUT2D eigenvalue weighted by molar-refractivity contribution is 6.02. The number of fused-ring (bicyclic) bond motifs is 1. The van der Waals surface area contributed by atoms with Crippen molar-refractivity contribution >= 4 is 34.6 Å². The van der Waals surface area contributed by atoms with Crippen LogP contribution in [0.3, 0.4) is 0 Å². The monoisotopic (exact) mass is 458 g/mol. The van der Waals surface area contributed by atoms with Gasteiger partial charge in [0, 0.05) is 0 Å². The average Bonchev–Trinajstić information content (AvgIpc) is 2.83. The van der Waals surface area contributed by atoms with Crippen molar-refractivity contribution in [2.24, 2.45) is 0 Å². The van der Waals surface area contributed by atoms with Gasteiger partial charge in [-0.3, -0.25) is 0 Å². The quantitative estimate of drug-likeness (QED) is 0.327. The van der Waals surface area contributed by atoms with Crippen LogP contribution in [-0.4, -0.2) is 44.3 Å². The van der Waals surface area contributed by atoms with Crippen molar-refractivity contribution in [3.05, 3.63) is 107 Å². The molecule has 0 unspecified atom stereocenters. The zero-order chi connectivity index (χ0) is 24.8. The topological polar surface area (TPSA) is 149 Å². The Bertz CT molecular complexity index is 1320. The Morgan fingerprint density at radius 2 is 0.824 bits per heavy atom. The van der Waals surface area contributed by atoms with Crippen molar-refractivity contribution in [2.75, 3.05) is 0 Å². The summed E-state index contributed by atoms with van der Waals surface area (Å²) in [4.78, 5) is 43.8. The van der Waals surface area contributed by atoms with Gasteiger partial charge in [-0.1, -0.05) is 48.5 Å². The second kappa shape index (κ2) is 10.1. The van der Waals surface area contributed by atoms with E-state index in [1.54, 1.807) is 48.5 Å². The summed E-state index contributed by atoms with van der Waals surface area (Å²) in [5.74, 6) is -4.21. The van der Waals surface area contributed by atoms with E-state index in [1.165, 1.54) is 36.4 Å². The van der Waals surface area contributed by atoms with Crippen LogP contribution in [0.2, 0.25) is 0 Å². The molecule has 4 N–H and O–H groups in total. The molecule has 0 amide bonds. The Kier molecular flexibility index (Phi) is 7.03. The standard InChI is InChI=1S/C14H10O4.C12H8O4/c15-13(16)11-7-3-1-5-9(11)10-6-2-4-8-12(10)14(17)18;13-11(14)8-3-1-7-2-4-9(12(15)16)6-10(7)5-8/h1-8H,(H,15,16)(H,17,18);1-6H,(H,13,14)(H,15,16). The molecule has 0 saturated carbocycles. The minimum Gasteiger partial charge on any atom is -0.478 e. The van der Waals surface area contributed by atoms with Crippen LogP contribution in [-0.2, 0) is 0 Å². The first-order valence-corrected chi connectivity index (χ1v) is 9.84. The first-order valence-electron chi connectivity index (χ1n) is 9.84. The van der Waals surface area contributed by atoms with Crippen molar-refractivity contribution in [1.29, 1.82) is 0 Å². The summed E-state index contributed by atoms with van der Waals surface area (Å²) < 4.78 is 0. The molecule has 0 aliphatic rings. The lowest BCUT2D eigenvalue weighted by atomic mass is 9.95. The molecule has 4 aromatic rings. The number of aromatic carboxylic acids is 4. The van der Waals surface area contributed by atoms with E-state index in [1.807, 2.05) is 0 Å². The van der Waals surface area contributed by atoms with E-state index in [9.17, 15) is 19.2 Å². The van der Waals surface area contributed by atoms with Gasteiger partial charge in [0.1, 0.15) is 0 Å². The fourth-order valence-electron chi connectivity index (χ4n) is 3.32. The lowest BCUT2D eigenvalue weighted by Crippen LogP contribution is -2.03. The summed E-state index contributed by atoms with van der Waals surface area (Å²) in [7, 11) is 0.